The molecular formula is C22H28N8O2S. The Kier molecular flexibility index (Phi) is 6.80. The van der Waals surface area contributed by atoms with Crippen LogP contribution in [0.15, 0.2) is 17.5 Å². The molecule has 4 heterocycles. The maximum atomic E-state index is 12.7. The molecule has 3 aromatic rings. The first-order valence-corrected chi connectivity index (χ1v) is 11.8. The van der Waals surface area contributed by atoms with Crippen molar-refractivity contribution >= 4 is 34.1 Å². The summed E-state index contributed by atoms with van der Waals surface area (Å²) >= 11 is 1.43. The van der Waals surface area contributed by atoms with Crippen LogP contribution in [0.5, 0.6) is 0 Å². The topological polar surface area (TPSA) is 118 Å². The lowest BCUT2D eigenvalue weighted by Crippen LogP contribution is -2.42. The van der Waals surface area contributed by atoms with Crippen LogP contribution in [0, 0.1) is 33.6 Å². The number of carbonyl (C=O) groups excluding carboxylic acids is 2. The van der Waals surface area contributed by atoms with Gasteiger partial charge in [-0.3, -0.25) is 14.5 Å². The molecule has 0 atom stereocenters. The summed E-state index contributed by atoms with van der Waals surface area (Å²) in [5, 5.41) is 12.8. The molecule has 0 bridgehead atoms. The van der Waals surface area contributed by atoms with Crippen molar-refractivity contribution in [3.8, 4) is 5.95 Å². The summed E-state index contributed by atoms with van der Waals surface area (Å²) in [7, 11) is 0. The Hall–Kier alpha value is -3.18. The Morgan fingerprint density at radius 1 is 0.970 bits per heavy atom. The monoisotopic (exact) mass is 468 g/mol. The molecule has 0 radical (unpaired) electrons. The first kappa shape index (κ1) is 23.0. The van der Waals surface area contributed by atoms with E-state index in [1.807, 2.05) is 39.1 Å². The van der Waals surface area contributed by atoms with Gasteiger partial charge in [-0.2, -0.15) is 9.78 Å². The third-order valence-corrected chi connectivity index (χ3v) is 6.31. The van der Waals surface area contributed by atoms with Gasteiger partial charge in [0.1, 0.15) is 5.82 Å². The molecule has 0 unspecified atom stereocenters. The molecule has 1 aliphatic rings. The van der Waals surface area contributed by atoms with Crippen molar-refractivity contribution in [2.24, 2.45) is 5.92 Å². The lowest BCUT2D eigenvalue weighted by molar-refractivity contribution is -0.121. The first-order valence-electron chi connectivity index (χ1n) is 10.9. The highest BCUT2D eigenvalue weighted by Crippen LogP contribution is 2.22. The Labute approximate surface area is 196 Å². The number of hydrogen-bond donors (Lipinski definition) is 2. The predicted molar refractivity (Wildman–Crippen MR) is 127 cm³/mol. The second-order valence-corrected chi connectivity index (χ2v) is 9.27. The molecule has 33 heavy (non-hydrogen) atoms. The second-order valence-electron chi connectivity index (χ2n) is 8.42. The van der Waals surface area contributed by atoms with Gasteiger partial charge in [0, 0.05) is 28.8 Å². The highest BCUT2D eigenvalue weighted by atomic mass is 32.1. The number of thiazole rings is 1. The summed E-state index contributed by atoms with van der Waals surface area (Å²) in [6.45, 7) is 9.17. The standard InChI is InChI=1S/C22H28N8O2S/c1-13-9-14(2)24-21(23-13)30-18(10-15(3)28-30)26-19(31)11-29-7-5-17(6-8-29)20(32)27-22-25-16(4)12-33-22/h9-10,12,17H,5-8,11H2,1-4H3,(H,26,31)(H,25,27,32). The molecule has 0 saturated carbocycles. The van der Waals surface area contributed by atoms with Gasteiger partial charge in [-0.25, -0.2) is 15.0 Å². The fourth-order valence-corrected chi connectivity index (χ4v) is 4.59. The molecule has 10 nitrogen and oxygen atoms in total. The SMILES string of the molecule is Cc1cc(C)nc(-n2nc(C)cc2NC(=O)CN2CCC(C(=O)Nc3nc(C)cs3)CC2)n1. The van der Waals surface area contributed by atoms with Gasteiger partial charge in [-0.05, 0) is 59.7 Å². The van der Waals surface area contributed by atoms with Crippen molar-refractivity contribution < 1.29 is 9.59 Å². The van der Waals surface area contributed by atoms with E-state index in [0.29, 0.717) is 42.8 Å². The van der Waals surface area contributed by atoms with Crippen LogP contribution in [0.1, 0.15) is 35.6 Å². The molecule has 1 saturated heterocycles. The molecule has 4 rings (SSSR count). The molecule has 174 valence electrons. The molecule has 2 N–H and O–H groups in total. The zero-order valence-electron chi connectivity index (χ0n) is 19.3. The molecule has 0 aliphatic carbocycles. The normalized spacial score (nSPS) is 14.9. The van der Waals surface area contributed by atoms with Crippen LogP contribution < -0.4 is 10.6 Å². The lowest BCUT2D eigenvalue weighted by Gasteiger charge is -2.30. The van der Waals surface area contributed by atoms with Crippen molar-refractivity contribution in [2.75, 3.05) is 30.3 Å². The maximum absolute atomic E-state index is 12.7. The zero-order valence-corrected chi connectivity index (χ0v) is 20.1. The number of hydrogen-bond acceptors (Lipinski definition) is 8. The molecule has 1 aliphatic heterocycles. The number of likely N-dealkylation sites (tertiary alicyclic amines) is 1. The Balaban J connectivity index is 1.32. The lowest BCUT2D eigenvalue weighted by atomic mass is 9.96. The summed E-state index contributed by atoms with van der Waals surface area (Å²) in [6.07, 6.45) is 1.41. The van der Waals surface area contributed by atoms with E-state index in [1.54, 1.807) is 10.7 Å². The van der Waals surface area contributed by atoms with E-state index in [4.69, 9.17) is 0 Å². The van der Waals surface area contributed by atoms with Gasteiger partial charge in [0.2, 0.25) is 11.8 Å². The minimum Gasteiger partial charge on any atom is -0.309 e. The van der Waals surface area contributed by atoms with E-state index in [0.717, 1.165) is 22.8 Å². The van der Waals surface area contributed by atoms with Crippen LogP contribution >= 0.6 is 11.3 Å². The van der Waals surface area contributed by atoms with Crippen LogP contribution in [-0.4, -0.2) is 61.1 Å². The predicted octanol–water partition coefficient (Wildman–Crippen LogP) is 2.64. The van der Waals surface area contributed by atoms with E-state index in [2.05, 4.69) is 35.6 Å². The van der Waals surface area contributed by atoms with E-state index < -0.39 is 0 Å². The number of piperidine rings is 1. The largest absolute Gasteiger partial charge is 0.309 e. The van der Waals surface area contributed by atoms with Gasteiger partial charge >= 0.3 is 0 Å². The number of carbonyl (C=O) groups is 2. The Morgan fingerprint density at radius 3 is 2.30 bits per heavy atom. The van der Waals surface area contributed by atoms with Crippen molar-refractivity contribution in [1.82, 2.24) is 29.6 Å². The summed E-state index contributed by atoms with van der Waals surface area (Å²) in [4.78, 5) is 40.5. The van der Waals surface area contributed by atoms with Crippen molar-refractivity contribution in [2.45, 2.75) is 40.5 Å². The van der Waals surface area contributed by atoms with Crippen LogP contribution in [0.25, 0.3) is 5.95 Å². The van der Waals surface area contributed by atoms with Crippen molar-refractivity contribution in [1.29, 1.82) is 0 Å². The summed E-state index contributed by atoms with van der Waals surface area (Å²) < 4.78 is 1.56. The van der Waals surface area contributed by atoms with Gasteiger partial charge in [0.25, 0.3) is 5.95 Å². The fraction of sp³-hybridized carbons (Fsp3) is 0.455. The average molecular weight is 469 g/mol. The third kappa shape index (κ3) is 5.79. The van der Waals surface area contributed by atoms with Gasteiger partial charge in [-0.15, -0.1) is 11.3 Å². The van der Waals surface area contributed by atoms with Gasteiger partial charge in [0.05, 0.1) is 17.9 Å². The molecule has 3 aromatic heterocycles. The van der Waals surface area contributed by atoms with Crippen LogP contribution in [0.4, 0.5) is 10.9 Å². The Morgan fingerprint density at radius 2 is 1.67 bits per heavy atom. The molecular weight excluding hydrogens is 440 g/mol. The maximum Gasteiger partial charge on any atom is 0.252 e. The number of aromatic nitrogens is 5. The van der Waals surface area contributed by atoms with Gasteiger partial charge in [0.15, 0.2) is 5.13 Å². The highest BCUT2D eigenvalue weighted by Gasteiger charge is 2.27. The smallest absolute Gasteiger partial charge is 0.252 e. The third-order valence-electron chi connectivity index (χ3n) is 5.43. The van der Waals surface area contributed by atoms with Crippen molar-refractivity contribution in [3.05, 3.63) is 40.3 Å². The average Bonchev–Trinajstić information content (AvgIpc) is 3.32. The minimum absolute atomic E-state index is 0.00118. The molecule has 2 amide bonds. The van der Waals surface area contributed by atoms with Crippen molar-refractivity contribution in [3.63, 3.8) is 0 Å². The zero-order chi connectivity index (χ0) is 23.5. The minimum atomic E-state index is -0.137. The first-order chi connectivity index (χ1) is 15.8. The number of nitrogens with one attached hydrogen (secondary N) is 2. The number of anilines is 2. The highest BCUT2D eigenvalue weighted by molar-refractivity contribution is 7.13. The number of amides is 2. The molecule has 0 aromatic carbocycles. The fourth-order valence-electron chi connectivity index (χ4n) is 3.90. The van der Waals surface area contributed by atoms with E-state index in [9.17, 15) is 9.59 Å². The molecule has 11 heteroatoms. The summed E-state index contributed by atoms with van der Waals surface area (Å²) in [5.41, 5.74) is 3.33. The summed E-state index contributed by atoms with van der Waals surface area (Å²) in [5.74, 6) is 0.760. The van der Waals surface area contributed by atoms with Crippen LogP contribution in [0.2, 0.25) is 0 Å². The number of nitrogens with zero attached hydrogens (tertiary/aromatic N) is 6. The molecule has 1 fully saturated rings. The van der Waals surface area contributed by atoms with E-state index in [1.165, 1.54) is 11.3 Å². The van der Waals surface area contributed by atoms with Gasteiger partial charge in [-0.1, -0.05) is 0 Å². The number of aryl methyl sites for hydroxylation is 4. The quantitative estimate of drug-likeness (QED) is 0.571. The van der Waals surface area contributed by atoms with E-state index in [-0.39, 0.29) is 24.3 Å². The van der Waals surface area contributed by atoms with Gasteiger partial charge < -0.3 is 10.6 Å². The van der Waals surface area contributed by atoms with E-state index >= 15 is 0 Å². The summed E-state index contributed by atoms with van der Waals surface area (Å²) in [6, 6.07) is 3.69. The number of rotatable bonds is 6. The van der Waals surface area contributed by atoms with Crippen LogP contribution in [0.3, 0.4) is 0 Å². The molecule has 0 spiro atoms. The Bertz CT molecular complexity index is 1140. The van der Waals surface area contributed by atoms with Crippen LogP contribution in [-0.2, 0) is 9.59 Å². The second kappa shape index (κ2) is 9.75.